The van der Waals surface area contributed by atoms with Crippen LogP contribution in [0.5, 0.6) is 0 Å². The van der Waals surface area contributed by atoms with Gasteiger partial charge in [0.15, 0.2) is 21.7 Å². The Bertz CT molecular complexity index is 1160. The van der Waals surface area contributed by atoms with E-state index >= 15 is 0 Å². The first kappa shape index (κ1) is 28.8. The number of hydrogen-bond acceptors (Lipinski definition) is 6. The lowest BCUT2D eigenvalue weighted by molar-refractivity contribution is -0.142. The van der Waals surface area contributed by atoms with Crippen LogP contribution in [0.4, 0.5) is 49.8 Å². The molecule has 3 rings (SSSR count). The van der Waals surface area contributed by atoms with Crippen molar-refractivity contribution in [2.45, 2.75) is 18.5 Å². The molecule has 1 aromatic carbocycles. The second-order valence-corrected chi connectivity index (χ2v) is 11.5. The molecule has 0 saturated carbocycles. The summed E-state index contributed by atoms with van der Waals surface area (Å²) < 4.78 is 111. The summed E-state index contributed by atoms with van der Waals surface area (Å²) in [5, 5.41) is 1.79. The summed E-state index contributed by atoms with van der Waals surface area (Å²) in [6, 6.07) is 3.28. The number of benzene rings is 1. The summed E-state index contributed by atoms with van der Waals surface area (Å²) >= 11 is 4.45. The number of carbonyl (C=O) groups excluding carboxylic acids is 1. The van der Waals surface area contributed by atoms with Crippen LogP contribution in [0.3, 0.4) is 0 Å². The molecule has 0 radical (unpaired) electrons. The minimum atomic E-state index is -4.65. The molecule has 2 aromatic heterocycles. The molecule has 0 bridgehead atoms. The molecule has 0 fully saturated rings. The van der Waals surface area contributed by atoms with E-state index < -0.39 is 41.4 Å². The van der Waals surface area contributed by atoms with Crippen LogP contribution in [0.15, 0.2) is 24.3 Å². The SMILES string of the molecule is Nc1nc(C(F)(F)F)c(I)s1.O=C(Nc1nc(C(F)(F)F)c(I)s1)c1ccc(C(F)(F)F)cc1. The molecule has 0 aliphatic carbocycles. The van der Waals surface area contributed by atoms with Gasteiger partial charge in [0, 0.05) is 5.56 Å². The third kappa shape index (κ3) is 7.80. The van der Waals surface area contributed by atoms with Gasteiger partial charge in [-0.2, -0.15) is 39.5 Å². The lowest BCUT2D eigenvalue weighted by Crippen LogP contribution is -2.13. The fourth-order valence-electron chi connectivity index (χ4n) is 2.00. The van der Waals surface area contributed by atoms with Crippen LogP contribution in [0.2, 0.25) is 0 Å². The number of alkyl halides is 9. The maximum atomic E-state index is 12.6. The van der Waals surface area contributed by atoms with Crippen LogP contribution in [-0.4, -0.2) is 15.9 Å². The van der Waals surface area contributed by atoms with Crippen LogP contribution < -0.4 is 11.1 Å². The molecule has 0 aliphatic heterocycles. The van der Waals surface area contributed by atoms with Gasteiger partial charge in [-0.05, 0) is 69.4 Å². The number of aromatic nitrogens is 2. The first-order valence-electron chi connectivity index (χ1n) is 8.10. The van der Waals surface area contributed by atoms with Crippen LogP contribution in [0, 0.1) is 5.77 Å². The molecule has 3 N–H and O–H groups in total. The van der Waals surface area contributed by atoms with Gasteiger partial charge in [-0.15, -0.1) is 0 Å². The number of amides is 1. The number of anilines is 2. The van der Waals surface area contributed by atoms with E-state index in [1.54, 1.807) is 22.6 Å². The van der Waals surface area contributed by atoms with Crippen molar-refractivity contribution >= 4 is 84.0 Å². The molecule has 5 nitrogen and oxygen atoms in total. The lowest BCUT2D eigenvalue weighted by Gasteiger charge is -2.07. The Morgan fingerprint density at radius 3 is 1.62 bits per heavy atom. The van der Waals surface area contributed by atoms with Crippen LogP contribution in [-0.2, 0) is 18.5 Å². The number of thiazole rings is 2. The summed E-state index contributed by atoms with van der Waals surface area (Å²) in [6.07, 6.45) is -13.6. The third-order valence-electron chi connectivity index (χ3n) is 3.42. The average molecular weight is 760 g/mol. The number of halogens is 11. The Morgan fingerprint density at radius 2 is 1.26 bits per heavy atom. The zero-order chi connectivity index (χ0) is 26.1. The molecule has 0 atom stereocenters. The van der Waals surface area contributed by atoms with E-state index in [1.807, 2.05) is 0 Å². The average Bonchev–Trinajstić information content (AvgIpc) is 3.22. The standard InChI is InChI=1S/C12H5F6IN2OS.C4H2F3IN2S/c13-11(14,15)6-3-1-5(2-4-6)9(22)21-10-20-7(8(19)23-10)12(16,17)18;5-4(6,7)1-2(8)11-3(9)10-1/h1-4H,(H,20,21,22);(H2,9,10). The summed E-state index contributed by atoms with van der Waals surface area (Å²) in [4.78, 5) is 18.3. The van der Waals surface area contributed by atoms with E-state index in [1.165, 1.54) is 22.6 Å². The molecule has 0 saturated heterocycles. The molecule has 1 amide bonds. The number of hydrogen-bond donors (Lipinski definition) is 2. The highest BCUT2D eigenvalue weighted by Gasteiger charge is 2.38. The van der Waals surface area contributed by atoms with Crippen molar-refractivity contribution in [3.05, 3.63) is 52.5 Å². The van der Waals surface area contributed by atoms with Crippen molar-refractivity contribution < 1.29 is 44.3 Å². The van der Waals surface area contributed by atoms with Crippen LogP contribution in [0.25, 0.3) is 0 Å². The highest BCUT2D eigenvalue weighted by molar-refractivity contribution is 14.1. The summed E-state index contributed by atoms with van der Waals surface area (Å²) in [5.74, 6) is -0.849. The summed E-state index contributed by atoms with van der Waals surface area (Å²) in [6.45, 7) is 0. The van der Waals surface area contributed by atoms with Crippen LogP contribution in [0.1, 0.15) is 27.3 Å². The van der Waals surface area contributed by atoms with Crippen LogP contribution >= 0.6 is 67.9 Å². The second kappa shape index (κ2) is 10.7. The molecule has 2 heterocycles. The van der Waals surface area contributed by atoms with Crippen molar-refractivity contribution in [2.75, 3.05) is 11.1 Å². The Labute approximate surface area is 219 Å². The van der Waals surface area contributed by atoms with Gasteiger partial charge in [-0.1, -0.05) is 22.7 Å². The molecular weight excluding hydrogens is 753 g/mol. The van der Waals surface area contributed by atoms with E-state index in [9.17, 15) is 44.3 Å². The summed E-state index contributed by atoms with van der Waals surface area (Å²) in [7, 11) is 0. The zero-order valence-electron chi connectivity index (χ0n) is 15.7. The Kier molecular flexibility index (Phi) is 9.05. The Balaban J connectivity index is 0.000000310. The number of rotatable bonds is 2. The smallest absolute Gasteiger partial charge is 0.375 e. The second-order valence-electron chi connectivity index (χ2n) is 5.84. The molecule has 186 valence electrons. The highest BCUT2D eigenvalue weighted by atomic mass is 127. The van der Waals surface area contributed by atoms with Gasteiger partial charge in [0.25, 0.3) is 5.91 Å². The predicted molar refractivity (Wildman–Crippen MR) is 123 cm³/mol. The molecule has 0 unspecified atom stereocenters. The summed E-state index contributed by atoms with van der Waals surface area (Å²) in [5.41, 5.74) is 2.01. The van der Waals surface area contributed by atoms with Crippen molar-refractivity contribution in [2.24, 2.45) is 0 Å². The van der Waals surface area contributed by atoms with E-state index in [2.05, 4.69) is 15.3 Å². The fourth-order valence-corrected chi connectivity index (χ4v) is 5.44. The van der Waals surface area contributed by atoms with Crippen molar-refractivity contribution in [1.29, 1.82) is 0 Å². The number of nitrogens with two attached hydrogens (primary N) is 1. The van der Waals surface area contributed by atoms with E-state index in [0.717, 1.165) is 23.5 Å². The van der Waals surface area contributed by atoms with Gasteiger partial charge in [0.05, 0.1) is 11.3 Å². The maximum absolute atomic E-state index is 12.6. The quantitative estimate of drug-likeness (QED) is 0.211. The van der Waals surface area contributed by atoms with E-state index in [4.69, 9.17) is 5.73 Å². The van der Waals surface area contributed by atoms with Crippen molar-refractivity contribution in [3.63, 3.8) is 0 Å². The lowest BCUT2D eigenvalue weighted by atomic mass is 10.1. The maximum Gasteiger partial charge on any atom is 0.435 e. The topological polar surface area (TPSA) is 80.9 Å². The minimum Gasteiger partial charge on any atom is -0.375 e. The largest absolute Gasteiger partial charge is 0.435 e. The van der Waals surface area contributed by atoms with E-state index in [0.29, 0.717) is 23.5 Å². The number of carbonyl (C=O) groups is 1. The number of nitrogens with zero attached hydrogens (tertiary/aromatic N) is 2. The van der Waals surface area contributed by atoms with Crippen molar-refractivity contribution in [3.8, 4) is 0 Å². The van der Waals surface area contributed by atoms with Crippen molar-refractivity contribution in [1.82, 2.24) is 9.97 Å². The Hall–Kier alpha value is -1.42. The van der Waals surface area contributed by atoms with Gasteiger partial charge in [0.1, 0.15) is 0 Å². The Morgan fingerprint density at radius 1 is 0.794 bits per heavy atom. The van der Waals surface area contributed by atoms with E-state index in [-0.39, 0.29) is 21.6 Å². The van der Waals surface area contributed by atoms with Gasteiger partial charge >= 0.3 is 18.5 Å². The molecule has 3 aromatic rings. The normalized spacial score (nSPS) is 12.2. The predicted octanol–water partition coefficient (Wildman–Crippen LogP) is 7.39. The first-order valence-corrected chi connectivity index (χ1v) is 11.9. The van der Waals surface area contributed by atoms with Gasteiger partial charge in [-0.25, -0.2) is 9.97 Å². The van der Waals surface area contributed by atoms with Gasteiger partial charge in [0.2, 0.25) is 0 Å². The molecule has 0 spiro atoms. The molecular formula is C16H7F9I2N4OS2. The third-order valence-corrected chi connectivity index (χ3v) is 7.20. The minimum absolute atomic E-state index is 0.0540. The van der Waals surface area contributed by atoms with Gasteiger partial charge < -0.3 is 5.73 Å². The first-order chi connectivity index (χ1) is 15.4. The molecule has 34 heavy (non-hydrogen) atoms. The zero-order valence-corrected chi connectivity index (χ0v) is 21.6. The monoisotopic (exact) mass is 760 g/mol. The molecule has 0 aliphatic rings. The number of nitrogen functional groups attached to an aromatic ring is 1. The molecule has 18 heteroatoms. The number of nitrogens with one attached hydrogen (secondary N) is 1. The highest BCUT2D eigenvalue weighted by Crippen LogP contribution is 2.37. The van der Waals surface area contributed by atoms with Gasteiger partial charge in [-0.3, -0.25) is 10.1 Å². The fraction of sp³-hybridized carbons (Fsp3) is 0.188.